The highest BCUT2D eigenvalue weighted by atomic mass is 32.2. The summed E-state index contributed by atoms with van der Waals surface area (Å²) in [7, 11) is -3.87. The molecule has 0 spiro atoms. The van der Waals surface area contributed by atoms with Gasteiger partial charge in [0.25, 0.3) is 0 Å². The Kier molecular flexibility index (Phi) is 7.45. The van der Waals surface area contributed by atoms with Crippen LogP contribution in [0.25, 0.3) is 28.2 Å². The lowest BCUT2D eigenvalue weighted by Gasteiger charge is -2.33. The number of pyridine rings is 2. The summed E-state index contributed by atoms with van der Waals surface area (Å²) in [5.74, 6) is -0.0779. The fraction of sp³-hybridized carbons (Fsp3) is 0.345. The maximum absolute atomic E-state index is 16.1. The molecule has 0 aliphatic carbocycles. The average molecular weight is 577 g/mol. The zero-order valence-corrected chi connectivity index (χ0v) is 23.9. The lowest BCUT2D eigenvalue weighted by molar-refractivity contribution is 0.482. The maximum atomic E-state index is 16.1. The van der Waals surface area contributed by atoms with Crippen LogP contribution in [0.4, 0.5) is 15.8 Å². The molecule has 2 fully saturated rings. The minimum Gasteiger partial charge on any atom is -0.367 e. The molecule has 10 nitrogen and oxygen atoms in total. The third-order valence-corrected chi connectivity index (χ3v) is 9.04. The topological polar surface area (TPSA) is 108 Å². The van der Waals surface area contributed by atoms with E-state index in [4.69, 9.17) is 5.10 Å². The minimum atomic E-state index is -3.87. The number of nitrogens with one attached hydrogen (secondary N) is 2. The van der Waals surface area contributed by atoms with Crippen molar-refractivity contribution < 1.29 is 12.8 Å². The summed E-state index contributed by atoms with van der Waals surface area (Å²) in [6.07, 6.45) is 8.46. The maximum Gasteiger partial charge on any atom is 0.301 e. The number of anilines is 2. The second kappa shape index (κ2) is 11.2. The number of hydrogen-bond donors (Lipinski definition) is 2. The smallest absolute Gasteiger partial charge is 0.301 e. The van der Waals surface area contributed by atoms with Crippen LogP contribution in [0.2, 0.25) is 0 Å². The SMILES string of the molecule is Cc1cc(NS(=O)(=O)N2CCCC2)c(F)c(-c2cn(-c3ccc(N4CCN[C@H](C)C4)cn3)nc2-c2ccncc2)c1. The van der Waals surface area contributed by atoms with Crippen molar-refractivity contribution in [2.75, 3.05) is 42.3 Å². The van der Waals surface area contributed by atoms with E-state index in [1.165, 1.54) is 10.4 Å². The molecule has 5 heterocycles. The monoisotopic (exact) mass is 576 g/mol. The van der Waals surface area contributed by atoms with E-state index in [9.17, 15) is 8.42 Å². The van der Waals surface area contributed by atoms with Crippen LogP contribution in [0.5, 0.6) is 0 Å². The molecule has 2 aliphatic rings. The molecule has 0 amide bonds. The molecule has 214 valence electrons. The average Bonchev–Trinajstić information content (AvgIpc) is 3.67. The van der Waals surface area contributed by atoms with Gasteiger partial charge >= 0.3 is 10.2 Å². The van der Waals surface area contributed by atoms with Gasteiger partial charge in [-0.1, -0.05) is 0 Å². The van der Waals surface area contributed by atoms with Gasteiger partial charge in [-0.15, -0.1) is 0 Å². The Hall–Kier alpha value is -3.87. The molecular formula is C29H33FN8O2S. The Morgan fingerprint density at radius 1 is 1.05 bits per heavy atom. The molecule has 0 unspecified atom stereocenters. The number of rotatable bonds is 7. The van der Waals surface area contributed by atoms with Gasteiger partial charge < -0.3 is 10.2 Å². The molecule has 12 heteroatoms. The largest absolute Gasteiger partial charge is 0.367 e. The van der Waals surface area contributed by atoms with Crippen LogP contribution < -0.4 is 14.9 Å². The standard InChI is InChI=1S/C29H33FN8O2S/c1-20-15-24(28(30)26(16-20)35-41(39,40)37-12-3-4-13-37)25-19-38(34-29(25)22-7-9-31-10-8-22)27-6-5-23(17-33-27)36-14-11-32-21(2)18-36/h5-10,15-17,19,21,32,35H,3-4,11-14,18H2,1-2H3/t21-/m1/s1. The second-order valence-electron chi connectivity index (χ2n) is 10.6. The van der Waals surface area contributed by atoms with Crippen LogP contribution in [0.1, 0.15) is 25.3 Å². The van der Waals surface area contributed by atoms with Crippen LogP contribution >= 0.6 is 0 Å². The van der Waals surface area contributed by atoms with Crippen LogP contribution in [0.3, 0.4) is 0 Å². The summed E-state index contributed by atoms with van der Waals surface area (Å²) in [6, 6.07) is 11.2. The van der Waals surface area contributed by atoms with Crippen molar-refractivity contribution >= 4 is 21.6 Å². The Morgan fingerprint density at radius 2 is 1.83 bits per heavy atom. The van der Waals surface area contributed by atoms with Gasteiger partial charge in [-0.05, 0) is 68.7 Å². The Labute approximate surface area is 239 Å². The first-order chi connectivity index (χ1) is 19.8. The second-order valence-corrected chi connectivity index (χ2v) is 12.3. The van der Waals surface area contributed by atoms with Gasteiger partial charge in [0, 0.05) is 74.0 Å². The first-order valence-corrected chi connectivity index (χ1v) is 15.3. The lowest BCUT2D eigenvalue weighted by atomic mass is 9.99. The summed E-state index contributed by atoms with van der Waals surface area (Å²) in [5.41, 5.74) is 3.69. The normalized spacial score (nSPS) is 18.1. The Bertz CT molecular complexity index is 1640. The number of hydrogen-bond acceptors (Lipinski definition) is 7. The summed E-state index contributed by atoms with van der Waals surface area (Å²) < 4.78 is 47.5. The molecule has 3 aromatic heterocycles. The zero-order chi connectivity index (χ0) is 28.6. The van der Waals surface area contributed by atoms with E-state index in [0.29, 0.717) is 41.8 Å². The molecule has 0 saturated carbocycles. The fourth-order valence-electron chi connectivity index (χ4n) is 5.45. The van der Waals surface area contributed by atoms with Gasteiger partial charge in [0.1, 0.15) is 5.69 Å². The highest BCUT2D eigenvalue weighted by Gasteiger charge is 2.28. The van der Waals surface area contributed by atoms with E-state index in [2.05, 4.69) is 31.8 Å². The van der Waals surface area contributed by atoms with E-state index < -0.39 is 16.0 Å². The van der Waals surface area contributed by atoms with E-state index in [1.54, 1.807) is 29.3 Å². The molecule has 2 N–H and O–H groups in total. The predicted octanol–water partition coefficient (Wildman–Crippen LogP) is 3.99. The Morgan fingerprint density at radius 3 is 2.54 bits per heavy atom. The molecule has 41 heavy (non-hydrogen) atoms. The van der Waals surface area contributed by atoms with Gasteiger partial charge in [0.15, 0.2) is 11.6 Å². The highest BCUT2D eigenvalue weighted by Crippen LogP contribution is 2.37. The lowest BCUT2D eigenvalue weighted by Crippen LogP contribution is -2.49. The van der Waals surface area contributed by atoms with Crippen molar-refractivity contribution in [3.8, 4) is 28.2 Å². The van der Waals surface area contributed by atoms with Crippen molar-refractivity contribution in [2.45, 2.75) is 32.7 Å². The van der Waals surface area contributed by atoms with Gasteiger partial charge in [-0.25, -0.2) is 14.1 Å². The van der Waals surface area contributed by atoms with Crippen LogP contribution in [-0.4, -0.2) is 71.2 Å². The summed E-state index contributed by atoms with van der Waals surface area (Å²) in [5, 5.41) is 8.26. The van der Waals surface area contributed by atoms with Crippen molar-refractivity contribution in [3.63, 3.8) is 0 Å². The molecule has 4 aromatic rings. The summed E-state index contributed by atoms with van der Waals surface area (Å²) >= 11 is 0. The first-order valence-electron chi connectivity index (χ1n) is 13.8. The fourth-order valence-corrected chi connectivity index (χ4v) is 6.74. The quantitative estimate of drug-likeness (QED) is 0.343. The van der Waals surface area contributed by atoms with Crippen molar-refractivity contribution in [1.29, 1.82) is 0 Å². The molecule has 0 bridgehead atoms. The summed E-state index contributed by atoms with van der Waals surface area (Å²) in [6.45, 7) is 7.54. The molecule has 2 aliphatic heterocycles. The van der Waals surface area contributed by atoms with Crippen LogP contribution in [0, 0.1) is 12.7 Å². The van der Waals surface area contributed by atoms with Crippen molar-refractivity contribution in [3.05, 3.63) is 72.6 Å². The number of halogens is 1. The molecule has 2 saturated heterocycles. The van der Waals surface area contributed by atoms with Crippen molar-refractivity contribution in [1.82, 2.24) is 29.4 Å². The van der Waals surface area contributed by atoms with E-state index in [0.717, 1.165) is 43.7 Å². The van der Waals surface area contributed by atoms with Crippen LogP contribution in [-0.2, 0) is 10.2 Å². The predicted molar refractivity (Wildman–Crippen MR) is 158 cm³/mol. The summed E-state index contributed by atoms with van der Waals surface area (Å²) in [4.78, 5) is 11.1. The number of aromatic nitrogens is 4. The minimum absolute atomic E-state index is 0.0898. The van der Waals surface area contributed by atoms with Gasteiger partial charge in [0.05, 0.1) is 17.6 Å². The van der Waals surface area contributed by atoms with Gasteiger partial charge in [-0.3, -0.25) is 9.71 Å². The molecular weight excluding hydrogens is 543 g/mol. The third kappa shape index (κ3) is 5.67. The number of benzene rings is 1. The Balaban J connectivity index is 1.39. The molecule has 1 atom stereocenters. The van der Waals surface area contributed by atoms with Crippen molar-refractivity contribution in [2.24, 2.45) is 0 Å². The van der Waals surface area contributed by atoms with E-state index >= 15 is 4.39 Å². The number of nitrogens with zero attached hydrogens (tertiary/aromatic N) is 6. The van der Waals surface area contributed by atoms with E-state index in [1.807, 2.05) is 37.4 Å². The van der Waals surface area contributed by atoms with Gasteiger partial charge in [0.2, 0.25) is 0 Å². The third-order valence-electron chi connectivity index (χ3n) is 7.52. The first kappa shape index (κ1) is 27.3. The molecule has 1 aromatic carbocycles. The number of piperazine rings is 1. The van der Waals surface area contributed by atoms with E-state index in [-0.39, 0.29) is 11.3 Å². The van der Waals surface area contributed by atoms with Gasteiger partial charge in [-0.2, -0.15) is 17.8 Å². The number of aryl methyl sites for hydroxylation is 1. The molecule has 0 radical (unpaired) electrons. The zero-order valence-electron chi connectivity index (χ0n) is 23.1. The highest BCUT2D eigenvalue weighted by molar-refractivity contribution is 7.90. The van der Waals surface area contributed by atoms with Crippen LogP contribution in [0.15, 0.2) is 61.2 Å². The molecule has 6 rings (SSSR count).